The largest absolute Gasteiger partial charge is 0.464 e. The Kier molecular flexibility index (Phi) is 5.10. The number of halogens is 2. The van der Waals surface area contributed by atoms with E-state index >= 15 is 0 Å². The monoisotopic (exact) mass is 480 g/mol. The van der Waals surface area contributed by atoms with Crippen LogP contribution in [0, 0.1) is 0 Å². The van der Waals surface area contributed by atoms with E-state index in [0.29, 0.717) is 58.7 Å². The Balaban J connectivity index is 1.66. The van der Waals surface area contributed by atoms with Gasteiger partial charge in [-0.15, -0.1) is 11.3 Å². The Morgan fingerprint density at radius 3 is 2.66 bits per heavy atom. The summed E-state index contributed by atoms with van der Waals surface area (Å²) in [6.45, 7) is 0.680. The van der Waals surface area contributed by atoms with Gasteiger partial charge in [0.05, 0.1) is 18.0 Å². The number of sulfonamides is 1. The number of alkyl halides is 2. The van der Waals surface area contributed by atoms with Gasteiger partial charge in [0.25, 0.3) is 12.0 Å². The van der Waals surface area contributed by atoms with Crippen molar-refractivity contribution in [2.24, 2.45) is 0 Å². The number of hydrogen-bond donors (Lipinski definition) is 1. The van der Waals surface area contributed by atoms with Gasteiger partial charge in [-0.05, 0) is 31.0 Å². The number of aromatic amines is 1. The average molecular weight is 481 g/mol. The van der Waals surface area contributed by atoms with E-state index < -0.39 is 22.1 Å². The summed E-state index contributed by atoms with van der Waals surface area (Å²) >= 11 is 1.01. The molecule has 32 heavy (non-hydrogen) atoms. The zero-order chi connectivity index (χ0) is 22.6. The third-order valence-electron chi connectivity index (χ3n) is 5.66. The molecule has 5 rings (SSSR count). The van der Waals surface area contributed by atoms with E-state index in [2.05, 4.69) is 9.97 Å². The van der Waals surface area contributed by atoms with Gasteiger partial charge in [0.15, 0.2) is 0 Å². The number of fused-ring (bicyclic) bond motifs is 3. The maximum atomic E-state index is 13.5. The fraction of sp³-hybridized carbons (Fsp3) is 0.350. The van der Waals surface area contributed by atoms with Crippen LogP contribution in [0.3, 0.4) is 0 Å². The van der Waals surface area contributed by atoms with E-state index in [4.69, 9.17) is 9.40 Å². The lowest BCUT2D eigenvalue weighted by Crippen LogP contribution is -2.37. The minimum Gasteiger partial charge on any atom is -0.464 e. The number of nitrogens with zero attached hydrogens (tertiary/aromatic N) is 3. The molecule has 0 bridgehead atoms. The molecule has 0 saturated carbocycles. The van der Waals surface area contributed by atoms with Crippen molar-refractivity contribution in [1.29, 1.82) is 0 Å². The molecule has 1 saturated heterocycles. The first kappa shape index (κ1) is 21.2. The molecule has 1 aliphatic heterocycles. The van der Waals surface area contributed by atoms with Crippen LogP contribution in [0.15, 0.2) is 33.7 Å². The van der Waals surface area contributed by atoms with E-state index in [0.717, 1.165) is 11.3 Å². The van der Waals surface area contributed by atoms with Gasteiger partial charge in [-0.1, -0.05) is 0 Å². The standard InChI is InChI=1S/C20H18F2N4O4S2/c1-32(28,29)26-6-4-10(5-7-26)18-24-15-14-11(13-3-2-8-30-13)9-12(17(21)22)23-20(14)31-16(15)19(27)25-18/h2-3,8-10,17H,4-7H2,1H3,(H,24,25,27). The smallest absolute Gasteiger partial charge is 0.280 e. The van der Waals surface area contributed by atoms with Gasteiger partial charge >= 0.3 is 0 Å². The first-order valence-electron chi connectivity index (χ1n) is 9.87. The van der Waals surface area contributed by atoms with Crippen molar-refractivity contribution in [2.45, 2.75) is 25.2 Å². The van der Waals surface area contributed by atoms with Crippen molar-refractivity contribution in [2.75, 3.05) is 19.3 Å². The Hall–Kier alpha value is -2.70. The van der Waals surface area contributed by atoms with Crippen molar-refractivity contribution in [3.05, 3.63) is 46.3 Å². The van der Waals surface area contributed by atoms with Gasteiger partial charge in [0.1, 0.15) is 26.8 Å². The van der Waals surface area contributed by atoms with Crippen LogP contribution in [0.1, 0.15) is 36.7 Å². The van der Waals surface area contributed by atoms with Crippen molar-refractivity contribution >= 4 is 41.8 Å². The minimum atomic E-state index is -3.27. The normalized spacial score (nSPS) is 16.5. The number of hydrogen-bond acceptors (Lipinski definition) is 7. The minimum absolute atomic E-state index is 0.125. The fourth-order valence-electron chi connectivity index (χ4n) is 4.08. The van der Waals surface area contributed by atoms with Crippen molar-refractivity contribution < 1.29 is 21.6 Å². The van der Waals surface area contributed by atoms with Crippen LogP contribution in [0.5, 0.6) is 0 Å². The second-order valence-electron chi connectivity index (χ2n) is 7.72. The predicted molar refractivity (Wildman–Crippen MR) is 117 cm³/mol. The summed E-state index contributed by atoms with van der Waals surface area (Å²) < 4.78 is 57.6. The summed E-state index contributed by atoms with van der Waals surface area (Å²) in [5.41, 5.74) is 0.00861. The summed E-state index contributed by atoms with van der Waals surface area (Å²) in [6, 6.07) is 4.58. The van der Waals surface area contributed by atoms with Crippen LogP contribution < -0.4 is 5.56 Å². The number of thiophene rings is 1. The van der Waals surface area contributed by atoms with E-state index in [1.807, 2.05) is 0 Å². The van der Waals surface area contributed by atoms with Crippen molar-refractivity contribution in [3.63, 3.8) is 0 Å². The molecule has 168 valence electrons. The maximum absolute atomic E-state index is 13.5. The van der Waals surface area contributed by atoms with Crippen LogP contribution >= 0.6 is 11.3 Å². The van der Waals surface area contributed by atoms with Crippen LogP contribution in [0.2, 0.25) is 0 Å². The molecule has 0 atom stereocenters. The van der Waals surface area contributed by atoms with Gasteiger partial charge in [0, 0.05) is 30.0 Å². The number of furan rings is 1. The lowest BCUT2D eigenvalue weighted by atomic mass is 9.97. The number of piperidine rings is 1. The molecule has 0 spiro atoms. The van der Waals surface area contributed by atoms with Crippen molar-refractivity contribution in [1.82, 2.24) is 19.3 Å². The van der Waals surface area contributed by atoms with Gasteiger partial charge in [-0.3, -0.25) is 4.79 Å². The lowest BCUT2D eigenvalue weighted by Gasteiger charge is -2.29. The van der Waals surface area contributed by atoms with E-state index in [-0.39, 0.29) is 16.3 Å². The molecular weight excluding hydrogens is 462 g/mol. The molecule has 0 aromatic carbocycles. The number of rotatable bonds is 4. The summed E-state index contributed by atoms with van der Waals surface area (Å²) in [6.07, 6.45) is 0.873. The zero-order valence-electron chi connectivity index (χ0n) is 16.8. The molecule has 8 nitrogen and oxygen atoms in total. The molecule has 1 fully saturated rings. The number of H-pyrrole nitrogens is 1. The summed E-state index contributed by atoms with van der Waals surface area (Å²) in [4.78, 5) is 24.7. The highest BCUT2D eigenvalue weighted by Gasteiger charge is 2.28. The highest BCUT2D eigenvalue weighted by Crippen LogP contribution is 2.39. The summed E-state index contributed by atoms with van der Waals surface area (Å²) in [7, 11) is -3.27. The van der Waals surface area contributed by atoms with Gasteiger partial charge < -0.3 is 9.40 Å². The lowest BCUT2D eigenvalue weighted by molar-refractivity contribution is 0.146. The van der Waals surface area contributed by atoms with Crippen LogP contribution in [0.4, 0.5) is 8.78 Å². The number of aromatic nitrogens is 3. The molecule has 0 amide bonds. The van der Waals surface area contributed by atoms with E-state index in [1.165, 1.54) is 22.9 Å². The summed E-state index contributed by atoms with van der Waals surface area (Å²) in [5, 5.41) is 0.491. The van der Waals surface area contributed by atoms with Gasteiger partial charge in [0.2, 0.25) is 10.0 Å². The third kappa shape index (κ3) is 3.61. The molecule has 1 N–H and O–H groups in total. The highest BCUT2D eigenvalue weighted by atomic mass is 32.2. The average Bonchev–Trinajstić information content (AvgIpc) is 3.41. The molecular formula is C20H18F2N4O4S2. The van der Waals surface area contributed by atoms with Crippen LogP contribution in [-0.4, -0.2) is 47.0 Å². The van der Waals surface area contributed by atoms with Crippen LogP contribution in [-0.2, 0) is 10.0 Å². The van der Waals surface area contributed by atoms with Gasteiger partial charge in [-0.2, -0.15) is 0 Å². The highest BCUT2D eigenvalue weighted by molar-refractivity contribution is 7.88. The molecule has 4 aromatic heterocycles. The van der Waals surface area contributed by atoms with Crippen molar-refractivity contribution in [3.8, 4) is 11.3 Å². The predicted octanol–water partition coefficient (Wildman–Crippen LogP) is 3.87. The topological polar surface area (TPSA) is 109 Å². The second kappa shape index (κ2) is 7.71. The molecule has 0 unspecified atom stereocenters. The molecule has 0 radical (unpaired) electrons. The Bertz CT molecular complexity index is 1470. The Morgan fingerprint density at radius 1 is 1.28 bits per heavy atom. The van der Waals surface area contributed by atoms with Crippen LogP contribution in [0.25, 0.3) is 31.8 Å². The number of pyridine rings is 1. The Labute approximate surface area is 185 Å². The Morgan fingerprint density at radius 2 is 2.03 bits per heavy atom. The molecule has 0 aliphatic carbocycles. The fourth-order valence-corrected chi connectivity index (χ4v) is 5.99. The zero-order valence-corrected chi connectivity index (χ0v) is 18.5. The first-order valence-corrected chi connectivity index (χ1v) is 12.5. The molecule has 12 heteroatoms. The second-order valence-corrected chi connectivity index (χ2v) is 10.7. The SMILES string of the molecule is CS(=O)(=O)N1CCC(c2nc3c(sc4nc(C(F)F)cc(-c5ccco5)c43)c(=O)[nH]2)CC1. The summed E-state index contributed by atoms with van der Waals surface area (Å²) in [5.74, 6) is 0.711. The van der Waals surface area contributed by atoms with E-state index in [1.54, 1.807) is 12.1 Å². The quantitative estimate of drug-likeness (QED) is 0.475. The molecule has 4 aromatic rings. The molecule has 1 aliphatic rings. The first-order chi connectivity index (χ1) is 15.2. The maximum Gasteiger partial charge on any atom is 0.280 e. The van der Waals surface area contributed by atoms with Gasteiger partial charge in [-0.25, -0.2) is 31.5 Å². The molecule has 5 heterocycles. The third-order valence-corrected chi connectivity index (χ3v) is 8.03. The van der Waals surface area contributed by atoms with E-state index in [9.17, 15) is 22.0 Å². The number of nitrogens with one attached hydrogen (secondary N) is 1.